The standard InChI is InChI=1S/C14H25NO2/c16-13(17)11-14(9-5-6-10-14)15-12-7-3-1-2-4-8-12/h12,15H,1-11H2,(H,16,17). The summed E-state index contributed by atoms with van der Waals surface area (Å²) in [4.78, 5) is 11.0. The monoisotopic (exact) mass is 239 g/mol. The zero-order valence-corrected chi connectivity index (χ0v) is 10.7. The summed E-state index contributed by atoms with van der Waals surface area (Å²) in [6.07, 6.45) is 12.6. The lowest BCUT2D eigenvalue weighted by molar-refractivity contribution is -0.138. The van der Waals surface area contributed by atoms with Crippen LogP contribution in [0.15, 0.2) is 0 Å². The quantitative estimate of drug-likeness (QED) is 0.741. The molecule has 0 aromatic heterocycles. The highest BCUT2D eigenvalue weighted by molar-refractivity contribution is 5.68. The molecular formula is C14H25NO2. The van der Waals surface area contributed by atoms with Gasteiger partial charge in [-0.1, -0.05) is 38.5 Å². The van der Waals surface area contributed by atoms with Crippen molar-refractivity contribution in [3.8, 4) is 0 Å². The molecule has 2 aliphatic rings. The second-order valence-corrected chi connectivity index (χ2v) is 5.89. The van der Waals surface area contributed by atoms with E-state index in [2.05, 4.69) is 5.32 Å². The number of carbonyl (C=O) groups is 1. The second kappa shape index (κ2) is 5.85. The summed E-state index contributed by atoms with van der Waals surface area (Å²) in [6.45, 7) is 0. The minimum atomic E-state index is -0.645. The third-order valence-electron chi connectivity index (χ3n) is 4.42. The van der Waals surface area contributed by atoms with E-state index in [1.54, 1.807) is 0 Å². The first-order valence-electron chi connectivity index (χ1n) is 7.20. The van der Waals surface area contributed by atoms with E-state index in [1.807, 2.05) is 0 Å². The van der Waals surface area contributed by atoms with Crippen LogP contribution in [0.5, 0.6) is 0 Å². The Hall–Kier alpha value is -0.570. The van der Waals surface area contributed by atoms with Gasteiger partial charge in [-0.05, 0) is 25.7 Å². The van der Waals surface area contributed by atoms with Crippen LogP contribution in [0.4, 0.5) is 0 Å². The third-order valence-corrected chi connectivity index (χ3v) is 4.42. The van der Waals surface area contributed by atoms with Crippen molar-refractivity contribution in [2.75, 3.05) is 0 Å². The molecule has 2 rings (SSSR count). The molecule has 0 saturated heterocycles. The highest BCUT2D eigenvalue weighted by Crippen LogP contribution is 2.34. The van der Waals surface area contributed by atoms with Gasteiger partial charge in [-0.25, -0.2) is 0 Å². The highest BCUT2D eigenvalue weighted by atomic mass is 16.4. The minimum Gasteiger partial charge on any atom is -0.481 e. The number of rotatable bonds is 4. The van der Waals surface area contributed by atoms with Gasteiger partial charge in [0.1, 0.15) is 0 Å². The molecule has 0 bridgehead atoms. The predicted molar refractivity (Wildman–Crippen MR) is 68.1 cm³/mol. The van der Waals surface area contributed by atoms with Crippen LogP contribution in [0, 0.1) is 0 Å². The van der Waals surface area contributed by atoms with Crippen molar-refractivity contribution in [1.29, 1.82) is 0 Å². The lowest BCUT2D eigenvalue weighted by Crippen LogP contribution is -2.49. The molecule has 3 nitrogen and oxygen atoms in total. The lowest BCUT2D eigenvalue weighted by Gasteiger charge is -2.33. The number of aliphatic carboxylic acids is 1. The molecule has 0 aliphatic heterocycles. The van der Waals surface area contributed by atoms with E-state index in [0.29, 0.717) is 12.5 Å². The van der Waals surface area contributed by atoms with E-state index in [1.165, 1.54) is 51.4 Å². The Kier molecular flexibility index (Phi) is 4.43. The molecule has 2 aliphatic carbocycles. The van der Waals surface area contributed by atoms with Crippen LogP contribution >= 0.6 is 0 Å². The average Bonchev–Trinajstić information content (AvgIpc) is 2.55. The first-order chi connectivity index (χ1) is 8.20. The van der Waals surface area contributed by atoms with Crippen molar-refractivity contribution in [1.82, 2.24) is 5.32 Å². The normalized spacial score (nSPS) is 25.6. The van der Waals surface area contributed by atoms with Gasteiger partial charge in [0.2, 0.25) is 0 Å². The molecule has 0 aromatic carbocycles. The van der Waals surface area contributed by atoms with Gasteiger partial charge in [0, 0.05) is 11.6 Å². The maximum atomic E-state index is 11.0. The number of hydrogen-bond acceptors (Lipinski definition) is 2. The molecule has 0 atom stereocenters. The van der Waals surface area contributed by atoms with Crippen molar-refractivity contribution >= 4 is 5.97 Å². The lowest BCUT2D eigenvalue weighted by atomic mass is 9.91. The Morgan fingerprint density at radius 1 is 1.06 bits per heavy atom. The van der Waals surface area contributed by atoms with Gasteiger partial charge in [-0.3, -0.25) is 4.79 Å². The van der Waals surface area contributed by atoms with Gasteiger partial charge >= 0.3 is 5.97 Å². The summed E-state index contributed by atoms with van der Waals surface area (Å²) < 4.78 is 0. The van der Waals surface area contributed by atoms with Crippen molar-refractivity contribution in [3.05, 3.63) is 0 Å². The van der Waals surface area contributed by atoms with Crippen molar-refractivity contribution in [3.63, 3.8) is 0 Å². The van der Waals surface area contributed by atoms with E-state index in [9.17, 15) is 4.79 Å². The van der Waals surface area contributed by atoms with E-state index in [-0.39, 0.29) is 5.54 Å². The molecule has 2 fully saturated rings. The van der Waals surface area contributed by atoms with E-state index in [4.69, 9.17) is 5.11 Å². The van der Waals surface area contributed by atoms with Gasteiger partial charge in [0.25, 0.3) is 0 Å². The number of nitrogens with one attached hydrogen (secondary N) is 1. The first-order valence-corrected chi connectivity index (χ1v) is 7.20. The Labute approximate surface area is 104 Å². The molecule has 98 valence electrons. The van der Waals surface area contributed by atoms with Crippen molar-refractivity contribution < 1.29 is 9.90 Å². The number of carboxylic acid groups (broad SMARTS) is 1. The van der Waals surface area contributed by atoms with E-state index < -0.39 is 5.97 Å². The van der Waals surface area contributed by atoms with Crippen LogP contribution in [0.25, 0.3) is 0 Å². The van der Waals surface area contributed by atoms with Crippen LogP contribution in [-0.4, -0.2) is 22.7 Å². The Morgan fingerprint density at radius 2 is 1.65 bits per heavy atom. The number of hydrogen-bond donors (Lipinski definition) is 2. The smallest absolute Gasteiger partial charge is 0.305 e. The summed E-state index contributed by atoms with van der Waals surface area (Å²) in [5.74, 6) is -0.645. The molecular weight excluding hydrogens is 214 g/mol. The molecule has 0 heterocycles. The fourth-order valence-electron chi connectivity index (χ4n) is 3.57. The molecule has 0 aromatic rings. The molecule has 0 amide bonds. The van der Waals surface area contributed by atoms with Crippen molar-refractivity contribution in [2.45, 2.75) is 82.2 Å². The van der Waals surface area contributed by atoms with Gasteiger partial charge in [0.15, 0.2) is 0 Å². The van der Waals surface area contributed by atoms with Crippen LogP contribution in [-0.2, 0) is 4.79 Å². The summed E-state index contributed by atoms with van der Waals surface area (Å²) in [5.41, 5.74) is -0.0825. The maximum Gasteiger partial charge on any atom is 0.305 e. The highest BCUT2D eigenvalue weighted by Gasteiger charge is 2.37. The fraction of sp³-hybridized carbons (Fsp3) is 0.929. The van der Waals surface area contributed by atoms with E-state index >= 15 is 0 Å². The van der Waals surface area contributed by atoms with Crippen LogP contribution in [0.3, 0.4) is 0 Å². The second-order valence-electron chi connectivity index (χ2n) is 5.89. The average molecular weight is 239 g/mol. The van der Waals surface area contributed by atoms with Crippen molar-refractivity contribution in [2.24, 2.45) is 0 Å². The summed E-state index contributed by atoms with van der Waals surface area (Å²) in [6, 6.07) is 0.565. The van der Waals surface area contributed by atoms with E-state index in [0.717, 1.165) is 12.8 Å². The molecule has 0 unspecified atom stereocenters. The first kappa shape index (κ1) is 12.9. The van der Waals surface area contributed by atoms with Gasteiger partial charge in [-0.15, -0.1) is 0 Å². The Bertz CT molecular complexity index is 251. The topological polar surface area (TPSA) is 49.3 Å². The van der Waals surface area contributed by atoms with Crippen LogP contribution in [0.2, 0.25) is 0 Å². The molecule has 17 heavy (non-hydrogen) atoms. The zero-order chi connectivity index (χ0) is 12.1. The SMILES string of the molecule is O=C(O)CC1(NC2CCCCCC2)CCCC1. The van der Waals surface area contributed by atoms with Gasteiger partial charge < -0.3 is 10.4 Å². The summed E-state index contributed by atoms with van der Waals surface area (Å²) >= 11 is 0. The zero-order valence-electron chi connectivity index (χ0n) is 10.7. The van der Waals surface area contributed by atoms with Crippen LogP contribution in [0.1, 0.15) is 70.6 Å². The minimum absolute atomic E-state index is 0.0825. The molecule has 3 heteroatoms. The molecule has 0 spiro atoms. The third kappa shape index (κ3) is 3.70. The fourth-order valence-corrected chi connectivity index (χ4v) is 3.57. The summed E-state index contributed by atoms with van der Waals surface area (Å²) in [7, 11) is 0. The summed E-state index contributed by atoms with van der Waals surface area (Å²) in [5, 5.41) is 12.8. The molecule has 2 saturated carbocycles. The van der Waals surface area contributed by atoms with Gasteiger partial charge in [0.05, 0.1) is 6.42 Å². The maximum absolute atomic E-state index is 11.0. The molecule has 0 radical (unpaired) electrons. The number of carboxylic acids is 1. The van der Waals surface area contributed by atoms with Crippen LogP contribution < -0.4 is 5.32 Å². The van der Waals surface area contributed by atoms with Gasteiger partial charge in [-0.2, -0.15) is 0 Å². The largest absolute Gasteiger partial charge is 0.481 e. The Morgan fingerprint density at radius 3 is 2.18 bits per heavy atom. The Balaban J connectivity index is 1.93. The molecule has 2 N–H and O–H groups in total. The predicted octanol–water partition coefficient (Wildman–Crippen LogP) is 3.09.